The van der Waals surface area contributed by atoms with Crippen LogP contribution in [0.5, 0.6) is 0 Å². The van der Waals surface area contributed by atoms with Gasteiger partial charge in [-0.05, 0) is 82.1 Å². The molecule has 0 N–H and O–H groups in total. The molecule has 0 radical (unpaired) electrons. The molecule has 0 saturated heterocycles. The quantitative estimate of drug-likeness (QED) is 0.548. The Morgan fingerprint density at radius 1 is 1.14 bits per heavy atom. The van der Waals surface area contributed by atoms with E-state index >= 15 is 0 Å². The van der Waals surface area contributed by atoms with Crippen LogP contribution < -0.4 is 0 Å². The van der Waals surface area contributed by atoms with Gasteiger partial charge in [-0.25, -0.2) is 4.39 Å². The number of halogens is 1. The summed E-state index contributed by atoms with van der Waals surface area (Å²) in [6.07, 6.45) is 4.28. The van der Waals surface area contributed by atoms with Crippen LogP contribution in [0.4, 0.5) is 4.39 Å². The van der Waals surface area contributed by atoms with Crippen molar-refractivity contribution in [2.45, 2.75) is 39.0 Å². The summed E-state index contributed by atoms with van der Waals surface area (Å²) in [6, 6.07) is 13.7. The summed E-state index contributed by atoms with van der Waals surface area (Å²) in [5, 5.41) is 0. The molecule has 4 heteroatoms. The number of Topliss-reactive ketones (excluding diaryl/α,β-unsaturated/α-hetero) is 2. The van der Waals surface area contributed by atoms with Crippen LogP contribution in [0.15, 0.2) is 48.5 Å². The first-order valence-electron chi connectivity index (χ1n) is 10.6. The van der Waals surface area contributed by atoms with Gasteiger partial charge in [-0.3, -0.25) is 9.59 Å². The lowest BCUT2D eigenvalue weighted by atomic mass is 9.81. The molecule has 0 fully saturated rings. The maximum absolute atomic E-state index is 13.1. The van der Waals surface area contributed by atoms with Gasteiger partial charge < -0.3 is 4.90 Å². The van der Waals surface area contributed by atoms with Crippen molar-refractivity contribution in [2.24, 2.45) is 11.8 Å². The average Bonchev–Trinajstić information content (AvgIpc) is 2.74. The third-order valence-electron chi connectivity index (χ3n) is 6.13. The Balaban J connectivity index is 1.48. The normalized spacial score (nSPS) is 17.2. The summed E-state index contributed by atoms with van der Waals surface area (Å²) in [4.78, 5) is 27.6. The van der Waals surface area contributed by atoms with Crippen LogP contribution in [0.2, 0.25) is 0 Å². The fourth-order valence-corrected chi connectivity index (χ4v) is 4.17. The number of aryl methyl sites for hydroxylation is 1. The molecule has 2 aromatic rings. The first kappa shape index (κ1) is 21.4. The molecule has 2 unspecified atom stereocenters. The zero-order valence-electron chi connectivity index (χ0n) is 17.4. The standard InChI is InChI=1S/C25H30FNO2/c1-3-18(24(28)20-10-12-22(26)13-11-20)14-16-27(2)17-15-21-9-8-19-6-4-5-7-23(19)25(21)29/h4-7,10-13,18,21H,3,8-9,14-17H2,1-2H3. The van der Waals surface area contributed by atoms with E-state index in [0.29, 0.717) is 5.56 Å². The van der Waals surface area contributed by atoms with Gasteiger partial charge in [0.2, 0.25) is 0 Å². The molecule has 1 aliphatic rings. The van der Waals surface area contributed by atoms with Crippen LogP contribution in [-0.4, -0.2) is 36.6 Å². The fourth-order valence-electron chi connectivity index (χ4n) is 4.17. The van der Waals surface area contributed by atoms with Gasteiger partial charge in [0, 0.05) is 23.0 Å². The first-order chi connectivity index (χ1) is 14.0. The molecule has 3 rings (SSSR count). The Morgan fingerprint density at radius 3 is 2.59 bits per heavy atom. The predicted molar refractivity (Wildman–Crippen MR) is 114 cm³/mol. The highest BCUT2D eigenvalue weighted by molar-refractivity contribution is 6.00. The average molecular weight is 396 g/mol. The molecule has 0 amide bonds. The predicted octanol–water partition coefficient (Wildman–Crippen LogP) is 5.19. The van der Waals surface area contributed by atoms with Gasteiger partial charge in [-0.15, -0.1) is 0 Å². The lowest BCUT2D eigenvalue weighted by Gasteiger charge is -2.26. The number of rotatable bonds is 9. The minimum absolute atomic E-state index is 0.0638. The second kappa shape index (κ2) is 9.93. The molecule has 0 spiro atoms. The van der Waals surface area contributed by atoms with E-state index in [0.717, 1.165) is 50.8 Å². The SMILES string of the molecule is CCC(CCN(C)CCC1CCc2ccccc2C1=O)C(=O)c1ccc(F)cc1. The first-order valence-corrected chi connectivity index (χ1v) is 10.6. The summed E-state index contributed by atoms with van der Waals surface area (Å²) in [6.45, 7) is 3.67. The molecule has 0 aliphatic heterocycles. The van der Waals surface area contributed by atoms with Gasteiger partial charge in [-0.2, -0.15) is 0 Å². The maximum atomic E-state index is 13.1. The minimum atomic E-state index is -0.325. The number of fused-ring (bicyclic) bond motifs is 1. The molecular weight excluding hydrogens is 365 g/mol. The van der Waals surface area contributed by atoms with E-state index in [-0.39, 0.29) is 29.2 Å². The summed E-state index contributed by atoms with van der Waals surface area (Å²) in [7, 11) is 2.05. The van der Waals surface area contributed by atoms with Crippen LogP contribution in [0.1, 0.15) is 58.9 Å². The van der Waals surface area contributed by atoms with Gasteiger partial charge in [-0.1, -0.05) is 31.2 Å². The van der Waals surface area contributed by atoms with Gasteiger partial charge in [0.25, 0.3) is 0 Å². The van der Waals surface area contributed by atoms with Crippen LogP contribution >= 0.6 is 0 Å². The van der Waals surface area contributed by atoms with Crippen molar-refractivity contribution < 1.29 is 14.0 Å². The smallest absolute Gasteiger partial charge is 0.166 e. The number of hydrogen-bond donors (Lipinski definition) is 0. The number of carbonyl (C=O) groups excluding carboxylic acids is 2. The largest absolute Gasteiger partial charge is 0.306 e. The van der Waals surface area contributed by atoms with Crippen LogP contribution in [0.3, 0.4) is 0 Å². The van der Waals surface area contributed by atoms with Crippen molar-refractivity contribution in [3.05, 3.63) is 71.0 Å². The molecule has 2 aromatic carbocycles. The molecule has 29 heavy (non-hydrogen) atoms. The molecular formula is C25H30FNO2. The minimum Gasteiger partial charge on any atom is -0.306 e. The van der Waals surface area contributed by atoms with Crippen molar-refractivity contribution in [1.29, 1.82) is 0 Å². The zero-order chi connectivity index (χ0) is 20.8. The second-order valence-electron chi connectivity index (χ2n) is 8.11. The molecule has 0 heterocycles. The van der Waals surface area contributed by atoms with Crippen LogP contribution in [-0.2, 0) is 6.42 Å². The van der Waals surface area contributed by atoms with E-state index in [1.165, 1.54) is 17.7 Å². The van der Waals surface area contributed by atoms with E-state index < -0.39 is 0 Å². The van der Waals surface area contributed by atoms with Crippen molar-refractivity contribution in [3.63, 3.8) is 0 Å². The summed E-state index contributed by atoms with van der Waals surface area (Å²) in [5.41, 5.74) is 2.64. The Morgan fingerprint density at radius 2 is 1.86 bits per heavy atom. The van der Waals surface area contributed by atoms with Gasteiger partial charge in [0.15, 0.2) is 11.6 Å². The number of hydrogen-bond acceptors (Lipinski definition) is 3. The zero-order valence-corrected chi connectivity index (χ0v) is 17.4. The molecule has 3 nitrogen and oxygen atoms in total. The van der Waals surface area contributed by atoms with E-state index in [9.17, 15) is 14.0 Å². The molecule has 154 valence electrons. The van der Waals surface area contributed by atoms with Crippen LogP contribution in [0.25, 0.3) is 0 Å². The van der Waals surface area contributed by atoms with E-state index in [1.54, 1.807) is 12.1 Å². The van der Waals surface area contributed by atoms with Crippen molar-refractivity contribution in [3.8, 4) is 0 Å². The molecule has 0 aromatic heterocycles. The molecule has 1 aliphatic carbocycles. The Bertz CT molecular complexity index is 846. The van der Waals surface area contributed by atoms with Gasteiger partial charge >= 0.3 is 0 Å². The van der Waals surface area contributed by atoms with Crippen molar-refractivity contribution in [2.75, 3.05) is 20.1 Å². The monoisotopic (exact) mass is 395 g/mol. The Hall–Kier alpha value is -2.33. The summed E-state index contributed by atoms with van der Waals surface area (Å²) in [5.74, 6) is 0.0635. The molecule has 0 bridgehead atoms. The number of ketones is 2. The topological polar surface area (TPSA) is 37.4 Å². The third-order valence-corrected chi connectivity index (χ3v) is 6.13. The number of benzene rings is 2. The highest BCUT2D eigenvalue weighted by Gasteiger charge is 2.27. The summed E-state index contributed by atoms with van der Waals surface area (Å²) >= 11 is 0. The van der Waals surface area contributed by atoms with Gasteiger partial charge in [0.05, 0.1) is 0 Å². The second-order valence-corrected chi connectivity index (χ2v) is 8.11. The van der Waals surface area contributed by atoms with Crippen molar-refractivity contribution in [1.82, 2.24) is 4.90 Å². The van der Waals surface area contributed by atoms with Gasteiger partial charge in [0.1, 0.15) is 5.82 Å². The Kier molecular flexibility index (Phi) is 7.32. The lowest BCUT2D eigenvalue weighted by Crippen LogP contribution is -2.30. The highest BCUT2D eigenvalue weighted by Crippen LogP contribution is 2.27. The lowest BCUT2D eigenvalue weighted by molar-refractivity contribution is 0.0883. The highest BCUT2D eigenvalue weighted by atomic mass is 19.1. The maximum Gasteiger partial charge on any atom is 0.166 e. The van der Waals surface area contributed by atoms with E-state index in [1.807, 2.05) is 25.1 Å². The summed E-state index contributed by atoms with van der Waals surface area (Å²) < 4.78 is 13.1. The van der Waals surface area contributed by atoms with Crippen LogP contribution in [0, 0.1) is 17.7 Å². The van der Waals surface area contributed by atoms with Crippen molar-refractivity contribution >= 4 is 11.6 Å². The fraction of sp³-hybridized carbons (Fsp3) is 0.440. The Labute approximate surface area is 172 Å². The number of carbonyl (C=O) groups is 2. The van der Waals surface area contributed by atoms with E-state index in [2.05, 4.69) is 18.0 Å². The number of nitrogens with zero attached hydrogens (tertiary/aromatic N) is 1. The molecule has 2 atom stereocenters. The molecule has 0 saturated carbocycles. The van der Waals surface area contributed by atoms with E-state index in [4.69, 9.17) is 0 Å². The third kappa shape index (κ3) is 5.39.